The molecule has 5 heteroatoms. The largest absolute Gasteiger partial charge is 0.356 e. The fourth-order valence-electron chi connectivity index (χ4n) is 3.48. The van der Waals surface area contributed by atoms with Crippen LogP contribution in [0.15, 0.2) is 30.3 Å². The Balaban J connectivity index is 1.81. The average Bonchev–Trinajstić information content (AvgIpc) is 2.53. The zero-order valence-electron chi connectivity index (χ0n) is 14.4. The predicted octanol–water partition coefficient (Wildman–Crippen LogP) is 2.28. The molecular formula is C19H26N2O3. The van der Waals surface area contributed by atoms with Gasteiger partial charge in [-0.05, 0) is 38.2 Å². The van der Waals surface area contributed by atoms with Gasteiger partial charge in [0.05, 0.1) is 6.04 Å². The molecule has 2 fully saturated rings. The summed E-state index contributed by atoms with van der Waals surface area (Å²) >= 11 is 0. The van der Waals surface area contributed by atoms with Crippen LogP contribution in [0.5, 0.6) is 0 Å². The Bertz CT molecular complexity index is 584. The summed E-state index contributed by atoms with van der Waals surface area (Å²) in [6.07, 6.45) is 2.96. The molecule has 2 amide bonds. The summed E-state index contributed by atoms with van der Waals surface area (Å²) in [6.45, 7) is 4.61. The molecule has 2 atom stereocenters. The van der Waals surface area contributed by atoms with Gasteiger partial charge in [-0.3, -0.25) is 9.59 Å². The van der Waals surface area contributed by atoms with Crippen LogP contribution in [0.1, 0.15) is 44.7 Å². The molecule has 1 aromatic carbocycles. The van der Waals surface area contributed by atoms with Gasteiger partial charge >= 0.3 is 0 Å². The molecule has 130 valence electrons. The number of nitrogens with zero attached hydrogens (tertiary/aromatic N) is 1. The number of benzene rings is 1. The van der Waals surface area contributed by atoms with E-state index in [1.54, 1.807) is 4.90 Å². The first-order chi connectivity index (χ1) is 11.6. The summed E-state index contributed by atoms with van der Waals surface area (Å²) in [5, 5.41) is 3.03. The molecule has 1 N–H and O–H groups in total. The Morgan fingerprint density at radius 2 is 2.00 bits per heavy atom. The van der Waals surface area contributed by atoms with E-state index in [9.17, 15) is 9.59 Å². The van der Waals surface area contributed by atoms with E-state index in [-0.39, 0.29) is 30.5 Å². The van der Waals surface area contributed by atoms with Gasteiger partial charge in [0, 0.05) is 12.6 Å². The molecule has 3 rings (SSSR count). The first-order valence-corrected chi connectivity index (χ1v) is 8.83. The normalized spacial score (nSPS) is 24.8. The summed E-state index contributed by atoms with van der Waals surface area (Å²) < 4.78 is 5.68. The van der Waals surface area contributed by atoms with Gasteiger partial charge in [0.15, 0.2) is 6.10 Å². The van der Waals surface area contributed by atoms with Gasteiger partial charge in [-0.1, -0.05) is 36.8 Å². The first-order valence-electron chi connectivity index (χ1n) is 8.83. The summed E-state index contributed by atoms with van der Waals surface area (Å²) in [5.74, 6) is 0.409. The molecular weight excluding hydrogens is 304 g/mol. The SMILES string of the molecule is CC(C)N1C(=O)COC(C(=O)NCC2CCC2)C1c1ccccc1. The molecule has 2 unspecified atom stereocenters. The predicted molar refractivity (Wildman–Crippen MR) is 91.3 cm³/mol. The van der Waals surface area contributed by atoms with Crippen molar-refractivity contribution in [2.75, 3.05) is 13.2 Å². The Labute approximate surface area is 143 Å². The van der Waals surface area contributed by atoms with Crippen LogP contribution in [0.25, 0.3) is 0 Å². The van der Waals surface area contributed by atoms with Crippen molar-refractivity contribution in [2.45, 2.75) is 51.3 Å². The van der Waals surface area contributed by atoms with Crippen molar-refractivity contribution in [2.24, 2.45) is 5.92 Å². The third-order valence-electron chi connectivity index (χ3n) is 5.01. The number of rotatable bonds is 5. The number of carbonyl (C=O) groups is 2. The lowest BCUT2D eigenvalue weighted by molar-refractivity contribution is -0.167. The van der Waals surface area contributed by atoms with E-state index in [1.807, 2.05) is 44.2 Å². The minimum absolute atomic E-state index is 0.00791. The van der Waals surface area contributed by atoms with Crippen molar-refractivity contribution < 1.29 is 14.3 Å². The summed E-state index contributed by atoms with van der Waals surface area (Å²) in [5.41, 5.74) is 0.933. The van der Waals surface area contributed by atoms with Crippen molar-refractivity contribution in [3.8, 4) is 0 Å². The Morgan fingerprint density at radius 3 is 2.58 bits per heavy atom. The maximum absolute atomic E-state index is 12.7. The number of amides is 2. The summed E-state index contributed by atoms with van der Waals surface area (Å²) in [4.78, 5) is 26.9. The van der Waals surface area contributed by atoms with Crippen LogP contribution >= 0.6 is 0 Å². The minimum atomic E-state index is -0.660. The number of ether oxygens (including phenoxy) is 1. The average molecular weight is 330 g/mol. The third-order valence-corrected chi connectivity index (χ3v) is 5.01. The van der Waals surface area contributed by atoms with Gasteiger partial charge in [0.2, 0.25) is 5.91 Å². The highest BCUT2D eigenvalue weighted by Gasteiger charge is 2.42. The zero-order valence-corrected chi connectivity index (χ0v) is 14.4. The van der Waals surface area contributed by atoms with E-state index >= 15 is 0 Å². The molecule has 0 bridgehead atoms. The van der Waals surface area contributed by atoms with E-state index < -0.39 is 6.10 Å². The van der Waals surface area contributed by atoms with E-state index in [2.05, 4.69) is 5.32 Å². The van der Waals surface area contributed by atoms with Crippen LogP contribution < -0.4 is 5.32 Å². The van der Waals surface area contributed by atoms with Crippen LogP contribution in [-0.4, -0.2) is 42.0 Å². The van der Waals surface area contributed by atoms with Gasteiger partial charge < -0.3 is 15.0 Å². The highest BCUT2D eigenvalue weighted by Crippen LogP contribution is 2.32. The van der Waals surface area contributed by atoms with E-state index in [0.29, 0.717) is 12.5 Å². The molecule has 2 aliphatic rings. The van der Waals surface area contributed by atoms with Gasteiger partial charge in [-0.25, -0.2) is 0 Å². The molecule has 0 spiro atoms. The smallest absolute Gasteiger partial charge is 0.251 e. The lowest BCUT2D eigenvalue weighted by Crippen LogP contribution is -2.56. The van der Waals surface area contributed by atoms with Crippen LogP contribution in [0.3, 0.4) is 0 Å². The summed E-state index contributed by atoms with van der Waals surface area (Å²) in [7, 11) is 0. The number of morpholine rings is 1. The molecule has 0 radical (unpaired) electrons. The fraction of sp³-hybridized carbons (Fsp3) is 0.579. The molecule has 1 aliphatic heterocycles. The van der Waals surface area contributed by atoms with Crippen LogP contribution in [-0.2, 0) is 14.3 Å². The van der Waals surface area contributed by atoms with Crippen molar-refractivity contribution in [3.05, 3.63) is 35.9 Å². The second-order valence-corrected chi connectivity index (χ2v) is 7.02. The topological polar surface area (TPSA) is 58.6 Å². The number of hydrogen-bond acceptors (Lipinski definition) is 3. The van der Waals surface area contributed by atoms with Gasteiger partial charge in [-0.2, -0.15) is 0 Å². The Hall–Kier alpha value is -1.88. The van der Waals surface area contributed by atoms with Crippen LogP contribution in [0, 0.1) is 5.92 Å². The Morgan fingerprint density at radius 1 is 1.29 bits per heavy atom. The van der Waals surface area contributed by atoms with Crippen molar-refractivity contribution >= 4 is 11.8 Å². The molecule has 1 heterocycles. The quantitative estimate of drug-likeness (QED) is 0.901. The van der Waals surface area contributed by atoms with Crippen LogP contribution in [0.4, 0.5) is 0 Å². The lowest BCUT2D eigenvalue weighted by atomic mass is 9.85. The second-order valence-electron chi connectivity index (χ2n) is 7.02. The van der Waals surface area contributed by atoms with Crippen molar-refractivity contribution in [1.82, 2.24) is 10.2 Å². The van der Waals surface area contributed by atoms with E-state index in [4.69, 9.17) is 4.74 Å². The number of hydrogen-bond donors (Lipinski definition) is 1. The van der Waals surface area contributed by atoms with Gasteiger partial charge in [0.25, 0.3) is 5.91 Å². The van der Waals surface area contributed by atoms with Gasteiger partial charge in [-0.15, -0.1) is 0 Å². The van der Waals surface area contributed by atoms with Gasteiger partial charge in [0.1, 0.15) is 6.61 Å². The molecule has 24 heavy (non-hydrogen) atoms. The zero-order chi connectivity index (χ0) is 17.1. The standard InChI is InChI=1S/C19H26N2O3/c1-13(2)21-16(22)12-24-18(17(21)15-9-4-3-5-10-15)19(23)20-11-14-7-6-8-14/h3-5,9-10,13-14,17-18H,6-8,11-12H2,1-2H3,(H,20,23). The van der Waals surface area contributed by atoms with Crippen molar-refractivity contribution in [1.29, 1.82) is 0 Å². The van der Waals surface area contributed by atoms with E-state index in [1.165, 1.54) is 19.3 Å². The fourth-order valence-corrected chi connectivity index (χ4v) is 3.48. The van der Waals surface area contributed by atoms with Crippen molar-refractivity contribution in [3.63, 3.8) is 0 Å². The maximum Gasteiger partial charge on any atom is 0.251 e. The lowest BCUT2D eigenvalue weighted by Gasteiger charge is -2.43. The first kappa shape index (κ1) is 17.0. The Kier molecular flexibility index (Phi) is 5.19. The number of nitrogens with one attached hydrogen (secondary N) is 1. The molecule has 1 saturated carbocycles. The monoisotopic (exact) mass is 330 g/mol. The maximum atomic E-state index is 12.7. The molecule has 1 saturated heterocycles. The highest BCUT2D eigenvalue weighted by atomic mass is 16.5. The highest BCUT2D eigenvalue weighted by molar-refractivity contribution is 5.86. The third kappa shape index (κ3) is 3.46. The van der Waals surface area contributed by atoms with E-state index in [0.717, 1.165) is 5.56 Å². The molecule has 5 nitrogen and oxygen atoms in total. The molecule has 1 aromatic rings. The molecule has 0 aromatic heterocycles. The minimum Gasteiger partial charge on any atom is -0.356 e. The number of carbonyl (C=O) groups excluding carboxylic acids is 2. The summed E-state index contributed by atoms with van der Waals surface area (Å²) in [6, 6.07) is 9.32. The second kappa shape index (κ2) is 7.34. The van der Waals surface area contributed by atoms with Crippen LogP contribution in [0.2, 0.25) is 0 Å². The molecule has 1 aliphatic carbocycles.